The number of nitrogens with zero attached hydrogens (tertiary/aromatic N) is 1. The van der Waals surface area contributed by atoms with Gasteiger partial charge in [0.2, 0.25) is 0 Å². The average Bonchev–Trinajstić information content (AvgIpc) is 2.29. The average molecular weight is 234 g/mol. The third-order valence-electron chi connectivity index (χ3n) is 2.10. The van der Waals surface area contributed by atoms with Gasteiger partial charge in [-0.1, -0.05) is 0 Å². The van der Waals surface area contributed by atoms with Crippen molar-refractivity contribution in [2.75, 3.05) is 25.1 Å². The van der Waals surface area contributed by atoms with Crippen molar-refractivity contribution >= 4 is 5.82 Å². The molecule has 0 unspecified atom stereocenters. The van der Waals surface area contributed by atoms with Crippen LogP contribution in [-0.2, 0) is 0 Å². The minimum atomic E-state index is -1.49. The summed E-state index contributed by atoms with van der Waals surface area (Å²) in [6.07, 6.45) is 0.780. The van der Waals surface area contributed by atoms with Crippen molar-refractivity contribution < 1.29 is 24.1 Å². The van der Waals surface area contributed by atoms with Gasteiger partial charge in [-0.15, -0.1) is 0 Å². The van der Waals surface area contributed by atoms with Gasteiger partial charge in [0, 0.05) is 6.07 Å². The number of anilines is 1. The minimum absolute atomic E-state index is 0.349. The number of halogens is 2. The Morgan fingerprint density at radius 2 is 1.75 bits per heavy atom. The highest BCUT2D eigenvalue weighted by atomic mass is 19.1. The molecule has 1 heterocycles. The Labute approximate surface area is 90.4 Å². The van der Waals surface area contributed by atoms with Crippen LogP contribution in [0, 0.1) is 11.6 Å². The largest absolute Gasteiger partial charge is 0.394 e. The lowest BCUT2D eigenvalue weighted by Crippen LogP contribution is -2.49. The Balaban J connectivity index is 2.93. The molecule has 5 nitrogen and oxygen atoms in total. The Kier molecular flexibility index (Phi) is 4.11. The molecule has 0 radical (unpaired) electrons. The summed E-state index contributed by atoms with van der Waals surface area (Å²) in [6, 6.07) is 0.603. The van der Waals surface area contributed by atoms with Crippen LogP contribution in [0.3, 0.4) is 0 Å². The highest BCUT2D eigenvalue weighted by molar-refractivity contribution is 5.39. The molecular weight excluding hydrogens is 222 g/mol. The molecule has 0 saturated heterocycles. The monoisotopic (exact) mass is 234 g/mol. The van der Waals surface area contributed by atoms with E-state index >= 15 is 0 Å². The van der Waals surface area contributed by atoms with Gasteiger partial charge in [0.25, 0.3) is 0 Å². The van der Waals surface area contributed by atoms with Crippen LogP contribution >= 0.6 is 0 Å². The lowest BCUT2D eigenvalue weighted by molar-refractivity contribution is 0.0828. The Hall–Kier alpha value is -1.31. The van der Waals surface area contributed by atoms with Crippen LogP contribution in [0.25, 0.3) is 0 Å². The molecule has 0 aliphatic rings. The zero-order chi connectivity index (χ0) is 12.2. The second-order valence-electron chi connectivity index (χ2n) is 3.36. The van der Waals surface area contributed by atoms with E-state index in [1.807, 2.05) is 0 Å². The Morgan fingerprint density at radius 1 is 1.19 bits per heavy atom. The maximum atomic E-state index is 13.2. The topological polar surface area (TPSA) is 85.6 Å². The van der Waals surface area contributed by atoms with Gasteiger partial charge in [-0.2, -0.15) is 0 Å². The molecule has 0 bridgehead atoms. The van der Waals surface area contributed by atoms with E-state index in [1.54, 1.807) is 0 Å². The van der Waals surface area contributed by atoms with Crippen LogP contribution in [0.5, 0.6) is 0 Å². The van der Waals surface area contributed by atoms with Crippen LogP contribution in [0.1, 0.15) is 0 Å². The maximum absolute atomic E-state index is 13.2. The van der Waals surface area contributed by atoms with Crippen molar-refractivity contribution in [1.82, 2.24) is 4.98 Å². The van der Waals surface area contributed by atoms with Crippen molar-refractivity contribution in [2.45, 2.75) is 5.54 Å². The molecule has 1 aromatic heterocycles. The van der Waals surface area contributed by atoms with Crippen LogP contribution < -0.4 is 5.32 Å². The fraction of sp³-hybridized carbons (Fsp3) is 0.444. The van der Waals surface area contributed by atoms with E-state index in [1.165, 1.54) is 0 Å². The van der Waals surface area contributed by atoms with Gasteiger partial charge in [-0.25, -0.2) is 13.8 Å². The summed E-state index contributed by atoms with van der Waals surface area (Å²) >= 11 is 0. The van der Waals surface area contributed by atoms with E-state index in [2.05, 4.69) is 10.3 Å². The summed E-state index contributed by atoms with van der Waals surface area (Å²) in [7, 11) is 0. The standard InChI is InChI=1S/C9H12F2N2O3/c10-6-1-7(11)8(12-2-6)13-9(3-14,4-15)5-16/h1-2,14-16H,3-5H2,(H,12,13). The first kappa shape index (κ1) is 12.8. The second-order valence-corrected chi connectivity index (χ2v) is 3.36. The van der Waals surface area contributed by atoms with E-state index in [0.29, 0.717) is 6.07 Å². The molecule has 90 valence electrons. The van der Waals surface area contributed by atoms with Crippen molar-refractivity contribution in [2.24, 2.45) is 0 Å². The lowest BCUT2D eigenvalue weighted by atomic mass is 10.0. The summed E-state index contributed by atoms with van der Waals surface area (Å²) in [5.41, 5.74) is -1.49. The first-order chi connectivity index (χ1) is 7.56. The molecule has 0 aliphatic carbocycles. The fourth-order valence-corrected chi connectivity index (χ4v) is 1.03. The van der Waals surface area contributed by atoms with Gasteiger partial charge < -0.3 is 20.6 Å². The molecule has 0 aliphatic heterocycles. The number of aliphatic hydroxyl groups excluding tert-OH is 3. The van der Waals surface area contributed by atoms with Gasteiger partial charge in [0.05, 0.1) is 26.0 Å². The Bertz CT molecular complexity index is 350. The molecule has 0 atom stereocenters. The van der Waals surface area contributed by atoms with E-state index in [4.69, 9.17) is 15.3 Å². The number of aliphatic hydroxyl groups is 3. The molecule has 16 heavy (non-hydrogen) atoms. The van der Waals surface area contributed by atoms with Crippen molar-refractivity contribution in [1.29, 1.82) is 0 Å². The van der Waals surface area contributed by atoms with Gasteiger partial charge in [-0.3, -0.25) is 0 Å². The number of hydrogen-bond donors (Lipinski definition) is 4. The van der Waals surface area contributed by atoms with Gasteiger partial charge >= 0.3 is 0 Å². The minimum Gasteiger partial charge on any atom is -0.394 e. The second kappa shape index (κ2) is 5.15. The van der Waals surface area contributed by atoms with Gasteiger partial charge in [0.1, 0.15) is 11.4 Å². The smallest absolute Gasteiger partial charge is 0.168 e. The van der Waals surface area contributed by atoms with Crippen LogP contribution in [-0.4, -0.2) is 45.7 Å². The third-order valence-corrected chi connectivity index (χ3v) is 2.10. The molecule has 4 N–H and O–H groups in total. The van der Waals surface area contributed by atoms with Crippen LogP contribution in [0.2, 0.25) is 0 Å². The fourth-order valence-electron chi connectivity index (χ4n) is 1.03. The SMILES string of the molecule is OCC(CO)(CO)Nc1ncc(F)cc1F. The molecule has 0 amide bonds. The predicted octanol–water partition coefficient (Wildman–Crippen LogP) is -0.513. The number of rotatable bonds is 5. The molecule has 0 saturated carbocycles. The molecular formula is C9H12F2N2O3. The lowest BCUT2D eigenvalue weighted by Gasteiger charge is -2.29. The Morgan fingerprint density at radius 3 is 2.19 bits per heavy atom. The maximum Gasteiger partial charge on any atom is 0.168 e. The third kappa shape index (κ3) is 2.63. The van der Waals surface area contributed by atoms with Gasteiger partial charge in [0.15, 0.2) is 11.6 Å². The van der Waals surface area contributed by atoms with E-state index < -0.39 is 37.0 Å². The first-order valence-electron chi connectivity index (χ1n) is 4.49. The van der Waals surface area contributed by atoms with Gasteiger partial charge in [-0.05, 0) is 0 Å². The number of nitrogens with one attached hydrogen (secondary N) is 1. The molecule has 0 fully saturated rings. The number of hydrogen-bond acceptors (Lipinski definition) is 5. The van der Waals surface area contributed by atoms with Crippen molar-refractivity contribution in [3.63, 3.8) is 0 Å². The summed E-state index contributed by atoms with van der Waals surface area (Å²) in [6.45, 7) is -1.88. The van der Waals surface area contributed by atoms with Crippen molar-refractivity contribution in [3.05, 3.63) is 23.9 Å². The summed E-state index contributed by atoms with van der Waals surface area (Å²) < 4.78 is 25.7. The molecule has 0 spiro atoms. The highest BCUT2D eigenvalue weighted by Crippen LogP contribution is 2.16. The quantitative estimate of drug-likeness (QED) is 0.551. The molecule has 1 aromatic rings. The summed E-state index contributed by atoms with van der Waals surface area (Å²) in [5, 5.41) is 29.3. The normalized spacial score (nSPS) is 11.6. The zero-order valence-corrected chi connectivity index (χ0v) is 8.32. The number of pyridine rings is 1. The molecule has 0 aromatic carbocycles. The summed E-state index contributed by atoms with van der Waals surface area (Å²) in [5.74, 6) is -2.16. The molecule has 7 heteroatoms. The summed E-state index contributed by atoms with van der Waals surface area (Å²) in [4.78, 5) is 3.41. The van der Waals surface area contributed by atoms with Crippen molar-refractivity contribution in [3.8, 4) is 0 Å². The zero-order valence-electron chi connectivity index (χ0n) is 8.32. The predicted molar refractivity (Wildman–Crippen MR) is 51.8 cm³/mol. The van der Waals surface area contributed by atoms with E-state index in [-0.39, 0.29) is 5.82 Å². The highest BCUT2D eigenvalue weighted by Gasteiger charge is 2.29. The van der Waals surface area contributed by atoms with Crippen LogP contribution in [0.15, 0.2) is 12.3 Å². The molecule has 1 rings (SSSR count). The van der Waals surface area contributed by atoms with E-state index in [9.17, 15) is 8.78 Å². The van der Waals surface area contributed by atoms with Crippen LogP contribution in [0.4, 0.5) is 14.6 Å². The number of aromatic nitrogens is 1. The first-order valence-corrected chi connectivity index (χ1v) is 4.49. The van der Waals surface area contributed by atoms with E-state index in [0.717, 1.165) is 6.20 Å².